The van der Waals surface area contributed by atoms with Crippen molar-refractivity contribution >= 4 is 22.6 Å². The van der Waals surface area contributed by atoms with Crippen LogP contribution < -0.4 is 0 Å². The average Bonchev–Trinajstić information content (AvgIpc) is 1.76. The molecule has 0 aromatic carbocycles. The molecule has 0 aliphatic rings. The zero-order valence-electron chi connectivity index (χ0n) is 6.43. The van der Waals surface area contributed by atoms with E-state index in [1.807, 2.05) is 0 Å². The zero-order valence-corrected chi connectivity index (χ0v) is 8.59. The van der Waals surface area contributed by atoms with Crippen molar-refractivity contribution in [1.82, 2.24) is 0 Å². The minimum atomic E-state index is -5.97. The summed E-state index contributed by atoms with van der Waals surface area (Å²) in [5.74, 6) is -4.40. The Morgan fingerprint density at radius 3 is 0.933 bits per heavy atom. The minimum Gasteiger partial charge on any atom is -0.170 e. The van der Waals surface area contributed by atoms with Crippen molar-refractivity contribution in [3.05, 3.63) is 0 Å². The molecule has 0 nitrogen and oxygen atoms in total. The fraction of sp³-hybridized carbons (Fsp3) is 1.00. The van der Waals surface area contributed by atoms with Crippen molar-refractivity contribution in [2.45, 2.75) is 22.5 Å². The predicted molar refractivity (Wildman–Crippen MR) is 39.5 cm³/mol. The van der Waals surface area contributed by atoms with Crippen LogP contribution in [0.25, 0.3) is 0 Å². The Hall–Kier alpha value is 0.100. The average molecular weight is 360 g/mol. The molecule has 0 heterocycles. The highest BCUT2D eigenvalue weighted by Gasteiger charge is 2.65. The first-order valence-corrected chi connectivity index (χ1v) is 4.36. The topological polar surface area (TPSA) is 0 Å². The maximum Gasteiger partial charge on any atom is 0.401 e. The standard InChI is InChI=1S/C5H2F9I/c6-3(7,8)1(4(9,10)11)2(15)5(12,13)14/h1-2H. The van der Waals surface area contributed by atoms with Gasteiger partial charge in [0.15, 0.2) is 5.92 Å². The van der Waals surface area contributed by atoms with Gasteiger partial charge in [-0.05, 0) is 0 Å². The first-order valence-electron chi connectivity index (χ1n) is 3.12. The Bertz CT molecular complexity index is 196. The van der Waals surface area contributed by atoms with Gasteiger partial charge in [0.25, 0.3) is 0 Å². The van der Waals surface area contributed by atoms with Gasteiger partial charge in [0.1, 0.15) is 3.92 Å². The summed E-state index contributed by atoms with van der Waals surface area (Å²) in [5, 5.41) is 0. The maximum atomic E-state index is 11.8. The molecule has 0 N–H and O–H groups in total. The van der Waals surface area contributed by atoms with Crippen LogP contribution in [-0.4, -0.2) is 22.5 Å². The molecule has 0 amide bonds. The minimum absolute atomic E-state index is 0.0958. The lowest BCUT2D eigenvalue weighted by Gasteiger charge is -2.28. The van der Waals surface area contributed by atoms with Crippen LogP contribution in [0.3, 0.4) is 0 Å². The van der Waals surface area contributed by atoms with Gasteiger partial charge in [0, 0.05) is 0 Å². The third kappa shape index (κ3) is 4.23. The van der Waals surface area contributed by atoms with Crippen LogP contribution >= 0.6 is 22.6 Å². The number of rotatable bonds is 1. The van der Waals surface area contributed by atoms with E-state index in [1.165, 1.54) is 0 Å². The number of hydrogen-bond donors (Lipinski definition) is 0. The fourth-order valence-corrected chi connectivity index (χ4v) is 1.52. The van der Waals surface area contributed by atoms with Crippen molar-refractivity contribution < 1.29 is 39.5 Å². The molecule has 10 heteroatoms. The van der Waals surface area contributed by atoms with Crippen molar-refractivity contribution in [1.29, 1.82) is 0 Å². The Morgan fingerprint density at radius 1 is 0.600 bits per heavy atom. The lowest BCUT2D eigenvalue weighted by molar-refractivity contribution is -0.302. The van der Waals surface area contributed by atoms with Crippen molar-refractivity contribution in [3.63, 3.8) is 0 Å². The van der Waals surface area contributed by atoms with Crippen molar-refractivity contribution in [2.24, 2.45) is 5.92 Å². The quantitative estimate of drug-likeness (QED) is 0.376. The summed E-state index contributed by atoms with van der Waals surface area (Å²) < 4.78 is 102. The van der Waals surface area contributed by atoms with Gasteiger partial charge < -0.3 is 0 Å². The molecule has 0 aliphatic carbocycles. The van der Waals surface area contributed by atoms with Crippen molar-refractivity contribution in [2.75, 3.05) is 0 Å². The second kappa shape index (κ2) is 4.17. The van der Waals surface area contributed by atoms with E-state index in [0.717, 1.165) is 0 Å². The van der Waals surface area contributed by atoms with E-state index in [2.05, 4.69) is 0 Å². The Balaban J connectivity index is 5.16. The highest BCUT2D eigenvalue weighted by atomic mass is 127. The van der Waals surface area contributed by atoms with E-state index >= 15 is 0 Å². The highest BCUT2D eigenvalue weighted by molar-refractivity contribution is 14.1. The molecule has 1 atom stereocenters. The third-order valence-corrected chi connectivity index (χ3v) is 2.74. The predicted octanol–water partition coefficient (Wildman–Crippen LogP) is 4.09. The van der Waals surface area contributed by atoms with Crippen molar-refractivity contribution in [3.8, 4) is 0 Å². The first kappa shape index (κ1) is 15.1. The third-order valence-electron chi connectivity index (χ3n) is 1.31. The Morgan fingerprint density at radius 2 is 0.867 bits per heavy atom. The number of hydrogen-bond acceptors (Lipinski definition) is 0. The number of halogens is 10. The summed E-state index contributed by atoms with van der Waals surface area (Å²) in [4.78, 5) is 0. The monoisotopic (exact) mass is 360 g/mol. The molecule has 1 unspecified atom stereocenters. The molecule has 0 bridgehead atoms. The second-order valence-electron chi connectivity index (χ2n) is 2.50. The summed E-state index contributed by atoms with van der Waals surface area (Å²) in [6.07, 6.45) is -17.5. The van der Waals surface area contributed by atoms with Gasteiger partial charge in [0.2, 0.25) is 0 Å². The molecule has 0 fully saturated rings. The summed E-state index contributed by atoms with van der Waals surface area (Å²) in [6.45, 7) is 0. The molecule has 92 valence electrons. The van der Waals surface area contributed by atoms with Gasteiger partial charge in [-0.25, -0.2) is 0 Å². The van der Waals surface area contributed by atoms with Gasteiger partial charge in [-0.1, -0.05) is 22.6 Å². The molecule has 0 spiro atoms. The highest BCUT2D eigenvalue weighted by Crippen LogP contribution is 2.48. The summed E-state index contributed by atoms with van der Waals surface area (Å²) in [7, 11) is 0. The van der Waals surface area contributed by atoms with E-state index < -0.39 is 28.4 Å². The molecule has 0 aromatic rings. The Kier molecular flexibility index (Phi) is 4.19. The second-order valence-corrected chi connectivity index (χ2v) is 3.85. The molecule has 0 aliphatic heterocycles. The van der Waals surface area contributed by atoms with Crippen LogP contribution in [-0.2, 0) is 0 Å². The van der Waals surface area contributed by atoms with Gasteiger partial charge in [0.05, 0.1) is 0 Å². The van der Waals surface area contributed by atoms with Crippen LogP contribution in [0.5, 0.6) is 0 Å². The molecule has 0 rings (SSSR count). The van der Waals surface area contributed by atoms with Gasteiger partial charge in [-0.2, -0.15) is 39.5 Å². The number of alkyl halides is 10. The van der Waals surface area contributed by atoms with E-state index in [4.69, 9.17) is 0 Å². The first-order chi connectivity index (χ1) is 6.28. The Labute approximate surface area is 91.0 Å². The molecule has 0 radical (unpaired) electrons. The normalized spacial score (nSPS) is 17.0. The molecular weight excluding hydrogens is 358 g/mol. The van der Waals surface area contributed by atoms with E-state index in [1.54, 1.807) is 0 Å². The maximum absolute atomic E-state index is 11.8. The van der Waals surface area contributed by atoms with Gasteiger partial charge >= 0.3 is 18.5 Å². The van der Waals surface area contributed by atoms with Crippen LogP contribution in [0, 0.1) is 5.92 Å². The lowest BCUT2D eigenvalue weighted by atomic mass is 10.0. The van der Waals surface area contributed by atoms with Crippen LogP contribution in [0.1, 0.15) is 0 Å². The van der Waals surface area contributed by atoms with Crippen LogP contribution in [0.2, 0.25) is 0 Å². The smallest absolute Gasteiger partial charge is 0.170 e. The summed E-state index contributed by atoms with van der Waals surface area (Å²) in [6, 6.07) is 0. The SMILES string of the molecule is FC(F)(F)C(I)C(C(F)(F)F)C(F)(F)F. The van der Waals surface area contributed by atoms with E-state index in [9.17, 15) is 39.5 Å². The van der Waals surface area contributed by atoms with E-state index in [-0.39, 0.29) is 22.6 Å². The molecule has 0 aromatic heterocycles. The van der Waals surface area contributed by atoms with Gasteiger partial charge in [-0.15, -0.1) is 0 Å². The van der Waals surface area contributed by atoms with E-state index in [0.29, 0.717) is 0 Å². The summed E-state index contributed by atoms with van der Waals surface area (Å²) >= 11 is 0.0958. The zero-order chi connectivity index (χ0) is 12.7. The molecule has 0 saturated heterocycles. The molecular formula is C5H2F9I. The molecule has 15 heavy (non-hydrogen) atoms. The fourth-order valence-electron chi connectivity index (χ4n) is 0.706. The van der Waals surface area contributed by atoms with Crippen LogP contribution in [0.4, 0.5) is 39.5 Å². The molecule has 0 saturated carbocycles. The van der Waals surface area contributed by atoms with Gasteiger partial charge in [-0.3, -0.25) is 0 Å². The largest absolute Gasteiger partial charge is 0.401 e. The lowest BCUT2D eigenvalue weighted by Crippen LogP contribution is -2.48. The van der Waals surface area contributed by atoms with Crippen LogP contribution in [0.15, 0.2) is 0 Å². The summed E-state index contributed by atoms with van der Waals surface area (Å²) in [5.41, 5.74) is 0.